The molecule has 5 aromatic heterocycles. The molecule has 0 saturated carbocycles. The van der Waals surface area contributed by atoms with E-state index in [0.717, 1.165) is 30.7 Å². The Hall–Kier alpha value is -2.38. The van der Waals surface area contributed by atoms with E-state index in [-0.39, 0.29) is 0 Å². The van der Waals surface area contributed by atoms with Crippen LogP contribution in [0.5, 0.6) is 0 Å². The van der Waals surface area contributed by atoms with E-state index < -0.39 is 0 Å². The van der Waals surface area contributed by atoms with Gasteiger partial charge >= 0.3 is 0 Å². The number of benzene rings is 1. The predicted octanol–water partition coefficient (Wildman–Crippen LogP) is 12.4. The van der Waals surface area contributed by atoms with E-state index in [0.29, 0.717) is 17.8 Å². The van der Waals surface area contributed by atoms with Crippen molar-refractivity contribution >= 4 is 75.9 Å². The second kappa shape index (κ2) is 14.6. The van der Waals surface area contributed by atoms with Gasteiger partial charge in [-0.1, -0.05) is 99.3 Å². The Kier molecular flexibility index (Phi) is 10.6. The van der Waals surface area contributed by atoms with Gasteiger partial charge in [0.05, 0.1) is 38.0 Å². The van der Waals surface area contributed by atoms with Crippen LogP contribution in [0.2, 0.25) is 0 Å². The Balaban J connectivity index is 1.66. The van der Waals surface area contributed by atoms with E-state index in [1.807, 2.05) is 22.7 Å². The molecule has 0 spiro atoms. The third-order valence-corrected chi connectivity index (χ3v) is 12.5. The van der Waals surface area contributed by atoms with E-state index >= 15 is 0 Å². The Labute approximate surface area is 278 Å². The Morgan fingerprint density at radius 3 is 1.36 bits per heavy atom. The normalized spacial score (nSPS) is 14.6. The summed E-state index contributed by atoms with van der Waals surface area (Å²) in [6.45, 7) is 17.1. The van der Waals surface area contributed by atoms with Crippen molar-refractivity contribution in [2.75, 3.05) is 0 Å². The maximum absolute atomic E-state index is 5.39. The molecule has 0 radical (unpaired) electrons. The molecule has 45 heavy (non-hydrogen) atoms. The monoisotopic (exact) mass is 645 g/mol. The highest BCUT2D eigenvalue weighted by Crippen LogP contribution is 2.47. The number of thiophene rings is 2. The smallest absolute Gasteiger partial charge is 0.124 e. The second-order valence-corrected chi connectivity index (χ2v) is 15.5. The summed E-state index contributed by atoms with van der Waals surface area (Å²) in [7, 11) is 0. The number of fused-ring (bicyclic) bond motifs is 10. The topological polar surface area (TPSA) is 40.6 Å². The highest BCUT2D eigenvalue weighted by Gasteiger charge is 2.28. The predicted molar refractivity (Wildman–Crippen MR) is 199 cm³/mol. The quantitative estimate of drug-likeness (QED) is 0.0933. The van der Waals surface area contributed by atoms with Gasteiger partial charge in [0.2, 0.25) is 0 Å². The van der Waals surface area contributed by atoms with Crippen LogP contribution in [-0.4, -0.2) is 24.1 Å². The van der Waals surface area contributed by atoms with E-state index in [4.69, 9.17) is 10.2 Å². The molecule has 0 aliphatic rings. The van der Waals surface area contributed by atoms with Crippen molar-refractivity contribution in [2.45, 2.75) is 138 Å². The third kappa shape index (κ3) is 6.08. The van der Waals surface area contributed by atoms with Crippen LogP contribution >= 0.6 is 22.7 Å². The molecule has 0 saturated heterocycles. The van der Waals surface area contributed by atoms with Gasteiger partial charge in [0.25, 0.3) is 0 Å². The zero-order valence-corrected chi connectivity index (χ0v) is 30.3. The van der Waals surface area contributed by atoms with Crippen LogP contribution < -0.4 is 0 Å². The first kappa shape index (κ1) is 32.6. The van der Waals surface area contributed by atoms with Crippen LogP contribution in [0, 0.1) is 17.8 Å². The standard InChI is InChI=1S/C38H55N5S2/c1-7-13-16-26(10-4)23-41-29-19-21-44-37(29)31-33-34(40-43(39-33)25-28(12-6)18-15-9-3)32-36(35(31)41)42(30-20-22-45-38(30)32)24-27(11-5)17-14-8-2/h19-22,26-28H,7-18,23-25H2,1-6H3. The summed E-state index contributed by atoms with van der Waals surface area (Å²) in [4.78, 5) is 2.08. The molecular weight excluding hydrogens is 591 g/mol. The number of aromatic nitrogens is 5. The van der Waals surface area contributed by atoms with E-state index in [9.17, 15) is 0 Å². The highest BCUT2D eigenvalue weighted by molar-refractivity contribution is 7.19. The Morgan fingerprint density at radius 2 is 0.978 bits per heavy atom. The fraction of sp³-hybridized carbons (Fsp3) is 0.632. The van der Waals surface area contributed by atoms with E-state index in [2.05, 4.69) is 78.4 Å². The molecule has 1 aromatic carbocycles. The summed E-state index contributed by atoms with van der Waals surface area (Å²) in [5, 5.41) is 18.1. The van der Waals surface area contributed by atoms with Gasteiger partial charge in [0, 0.05) is 23.9 Å². The minimum Gasteiger partial charge on any atom is -0.338 e. The maximum atomic E-state index is 5.39. The molecule has 3 atom stereocenters. The van der Waals surface area contributed by atoms with Crippen molar-refractivity contribution in [3.63, 3.8) is 0 Å². The summed E-state index contributed by atoms with van der Waals surface area (Å²) < 4.78 is 8.21. The van der Waals surface area contributed by atoms with Gasteiger partial charge in [-0.2, -0.15) is 15.0 Å². The van der Waals surface area contributed by atoms with Gasteiger partial charge in [0.1, 0.15) is 11.0 Å². The zero-order chi connectivity index (χ0) is 31.5. The van der Waals surface area contributed by atoms with E-state index in [1.54, 1.807) is 0 Å². The van der Waals surface area contributed by atoms with E-state index in [1.165, 1.54) is 119 Å². The molecule has 3 unspecified atom stereocenters. The van der Waals surface area contributed by atoms with Crippen LogP contribution in [0.15, 0.2) is 22.9 Å². The summed E-state index contributed by atoms with van der Waals surface area (Å²) >= 11 is 3.78. The van der Waals surface area contributed by atoms with Crippen LogP contribution in [0.4, 0.5) is 0 Å². The molecule has 0 N–H and O–H groups in total. The average molecular weight is 646 g/mol. The lowest BCUT2D eigenvalue weighted by atomic mass is 9.99. The number of hydrogen-bond donors (Lipinski definition) is 0. The molecule has 0 aliphatic carbocycles. The highest BCUT2D eigenvalue weighted by atomic mass is 32.1. The SMILES string of the molecule is CCCCC(CC)Cn1nc2c(n1)c1c3sccc3n(CC(CC)CCCC)c1c1c2c2sccc2n1CC(CC)CCCC. The third-order valence-electron chi connectivity index (χ3n) is 10.6. The molecule has 6 aromatic rings. The number of hydrogen-bond acceptors (Lipinski definition) is 4. The lowest BCUT2D eigenvalue weighted by molar-refractivity contribution is 0.351. The van der Waals surface area contributed by atoms with Gasteiger partial charge in [-0.3, -0.25) is 0 Å². The van der Waals surface area contributed by atoms with Crippen LogP contribution in [-0.2, 0) is 19.6 Å². The van der Waals surface area contributed by atoms with Crippen molar-refractivity contribution in [3.05, 3.63) is 22.9 Å². The van der Waals surface area contributed by atoms with Crippen molar-refractivity contribution in [3.8, 4) is 0 Å². The molecule has 0 amide bonds. The van der Waals surface area contributed by atoms with Gasteiger partial charge < -0.3 is 9.13 Å². The zero-order valence-electron chi connectivity index (χ0n) is 28.7. The second-order valence-electron chi connectivity index (χ2n) is 13.6. The van der Waals surface area contributed by atoms with Gasteiger partial charge in [-0.05, 0) is 59.9 Å². The largest absolute Gasteiger partial charge is 0.338 e. The first-order chi connectivity index (χ1) is 22.1. The van der Waals surface area contributed by atoms with Gasteiger partial charge in [-0.15, -0.1) is 22.7 Å². The minimum atomic E-state index is 0.614. The van der Waals surface area contributed by atoms with Crippen molar-refractivity contribution in [1.29, 1.82) is 0 Å². The molecule has 0 fully saturated rings. The molecule has 6 rings (SSSR count). The number of rotatable bonds is 18. The molecule has 244 valence electrons. The summed E-state index contributed by atoms with van der Waals surface area (Å²) in [5.74, 6) is 1.96. The lowest BCUT2D eigenvalue weighted by Gasteiger charge is -2.20. The van der Waals surface area contributed by atoms with Crippen LogP contribution in [0.1, 0.15) is 119 Å². The number of nitrogens with zero attached hydrogens (tertiary/aromatic N) is 5. The minimum absolute atomic E-state index is 0.614. The molecule has 5 nitrogen and oxygen atoms in total. The summed E-state index contributed by atoms with van der Waals surface area (Å²) in [6.07, 6.45) is 15.1. The Morgan fingerprint density at radius 1 is 0.578 bits per heavy atom. The van der Waals surface area contributed by atoms with Gasteiger partial charge in [-0.25, -0.2) is 0 Å². The van der Waals surface area contributed by atoms with Crippen LogP contribution in [0.25, 0.3) is 53.3 Å². The number of unbranched alkanes of at least 4 members (excludes halogenated alkanes) is 3. The van der Waals surface area contributed by atoms with Crippen molar-refractivity contribution in [1.82, 2.24) is 24.1 Å². The Bertz CT molecular complexity index is 1720. The fourth-order valence-corrected chi connectivity index (χ4v) is 9.59. The lowest BCUT2D eigenvalue weighted by Crippen LogP contribution is -2.12. The first-order valence-electron chi connectivity index (χ1n) is 18.2. The molecule has 7 heteroatoms. The summed E-state index contributed by atoms with van der Waals surface area (Å²) in [6, 6.07) is 4.75. The summed E-state index contributed by atoms with van der Waals surface area (Å²) in [5.41, 5.74) is 7.82. The molecule has 0 bridgehead atoms. The first-order valence-corrected chi connectivity index (χ1v) is 20.0. The molecule has 0 aliphatic heterocycles. The molecular formula is C38H55N5S2. The van der Waals surface area contributed by atoms with Crippen molar-refractivity contribution < 1.29 is 0 Å². The maximum Gasteiger partial charge on any atom is 0.124 e. The average Bonchev–Trinajstić information content (AvgIpc) is 3.87. The van der Waals surface area contributed by atoms with Gasteiger partial charge in [0.15, 0.2) is 0 Å². The van der Waals surface area contributed by atoms with Crippen molar-refractivity contribution in [2.24, 2.45) is 17.8 Å². The fourth-order valence-electron chi connectivity index (χ4n) is 7.71. The van der Waals surface area contributed by atoms with Crippen LogP contribution in [0.3, 0.4) is 0 Å². The molecule has 5 heterocycles.